The number of benzene rings is 3. The van der Waals surface area contributed by atoms with Crippen molar-refractivity contribution in [3.63, 3.8) is 0 Å². The van der Waals surface area contributed by atoms with Crippen LogP contribution in [0, 0.1) is 5.92 Å². The van der Waals surface area contributed by atoms with Crippen molar-refractivity contribution in [2.24, 2.45) is 5.92 Å². The van der Waals surface area contributed by atoms with Crippen molar-refractivity contribution < 1.29 is 14.3 Å². The highest BCUT2D eigenvalue weighted by Crippen LogP contribution is 2.25. The number of hydrogen-bond acceptors (Lipinski definition) is 3. The Morgan fingerprint density at radius 1 is 0.867 bits per heavy atom. The lowest BCUT2D eigenvalue weighted by Crippen LogP contribution is -2.16. The molecule has 2 amide bonds. The first-order valence-corrected chi connectivity index (χ1v) is 10.4. The molecule has 0 saturated heterocycles. The zero-order chi connectivity index (χ0) is 21.5. The van der Waals surface area contributed by atoms with Crippen LogP contribution in [0.25, 0.3) is 0 Å². The largest absolute Gasteiger partial charge is 0.492 e. The Balaban J connectivity index is 1.75. The second kappa shape index (κ2) is 10.1. The second-order valence-electron chi connectivity index (χ2n) is 7.20. The van der Waals surface area contributed by atoms with Crippen LogP contribution in [-0.4, -0.2) is 18.4 Å². The van der Waals surface area contributed by atoms with Gasteiger partial charge in [0.05, 0.1) is 12.2 Å². The molecule has 0 heterocycles. The van der Waals surface area contributed by atoms with Gasteiger partial charge in [-0.3, -0.25) is 9.59 Å². The zero-order valence-electron chi connectivity index (χ0n) is 16.8. The maximum atomic E-state index is 12.9. The lowest BCUT2D eigenvalue weighted by molar-refractivity contribution is 0.101. The van der Waals surface area contributed by atoms with Gasteiger partial charge in [-0.25, -0.2) is 0 Å². The molecule has 154 valence electrons. The number of ether oxygens (including phenoxy) is 1. The third kappa shape index (κ3) is 5.94. The zero-order valence-corrected chi connectivity index (χ0v) is 18.4. The summed E-state index contributed by atoms with van der Waals surface area (Å²) < 4.78 is 6.57. The Bertz CT molecular complexity index is 1040. The Hall–Kier alpha value is -3.12. The molecule has 0 atom stereocenters. The van der Waals surface area contributed by atoms with Crippen LogP contribution in [0.2, 0.25) is 0 Å². The molecule has 0 aliphatic rings. The summed E-state index contributed by atoms with van der Waals surface area (Å²) in [7, 11) is 0. The number of para-hydroxylation sites is 1. The monoisotopic (exact) mass is 466 g/mol. The van der Waals surface area contributed by atoms with E-state index < -0.39 is 0 Å². The van der Waals surface area contributed by atoms with Crippen molar-refractivity contribution in [1.29, 1.82) is 0 Å². The van der Waals surface area contributed by atoms with E-state index in [1.165, 1.54) is 0 Å². The molecule has 0 aromatic heterocycles. The van der Waals surface area contributed by atoms with Crippen molar-refractivity contribution in [3.8, 4) is 5.75 Å². The number of carbonyl (C=O) groups is 2. The minimum atomic E-state index is -0.310. The molecular formula is C24H23BrN2O3. The van der Waals surface area contributed by atoms with Gasteiger partial charge in [0, 0.05) is 21.4 Å². The molecule has 0 unspecified atom stereocenters. The lowest BCUT2D eigenvalue weighted by Gasteiger charge is -2.14. The van der Waals surface area contributed by atoms with Crippen LogP contribution >= 0.6 is 15.9 Å². The van der Waals surface area contributed by atoms with Gasteiger partial charge in [-0.05, 0) is 54.4 Å². The van der Waals surface area contributed by atoms with Gasteiger partial charge in [-0.1, -0.05) is 54.0 Å². The first kappa shape index (κ1) is 21.6. The van der Waals surface area contributed by atoms with E-state index in [1.54, 1.807) is 36.4 Å². The van der Waals surface area contributed by atoms with Gasteiger partial charge in [-0.15, -0.1) is 0 Å². The molecule has 0 bridgehead atoms. The van der Waals surface area contributed by atoms with Crippen LogP contribution in [0.5, 0.6) is 5.75 Å². The molecule has 5 nitrogen and oxygen atoms in total. The highest BCUT2D eigenvalue weighted by atomic mass is 79.9. The number of carbonyl (C=O) groups excluding carboxylic acids is 2. The van der Waals surface area contributed by atoms with E-state index in [4.69, 9.17) is 4.74 Å². The minimum Gasteiger partial charge on any atom is -0.492 e. The van der Waals surface area contributed by atoms with Crippen molar-refractivity contribution in [3.05, 3.63) is 88.4 Å². The van der Waals surface area contributed by atoms with Crippen LogP contribution in [0.3, 0.4) is 0 Å². The molecule has 30 heavy (non-hydrogen) atoms. The molecule has 0 aliphatic carbocycles. The third-order valence-corrected chi connectivity index (χ3v) is 4.67. The molecule has 0 spiro atoms. The van der Waals surface area contributed by atoms with Crippen molar-refractivity contribution >= 4 is 39.1 Å². The third-order valence-electron chi connectivity index (χ3n) is 4.17. The fourth-order valence-electron chi connectivity index (χ4n) is 2.72. The topological polar surface area (TPSA) is 67.4 Å². The molecule has 0 radical (unpaired) electrons. The van der Waals surface area contributed by atoms with Crippen LogP contribution in [0.4, 0.5) is 11.4 Å². The summed E-state index contributed by atoms with van der Waals surface area (Å²) in [5.74, 6) is 0.295. The van der Waals surface area contributed by atoms with Crippen molar-refractivity contribution in [2.75, 3.05) is 17.2 Å². The quantitative estimate of drug-likeness (QED) is 0.449. The average Bonchev–Trinajstić information content (AvgIpc) is 2.73. The molecule has 2 N–H and O–H groups in total. The Morgan fingerprint density at radius 3 is 2.30 bits per heavy atom. The molecule has 0 fully saturated rings. The van der Waals surface area contributed by atoms with Crippen LogP contribution in [-0.2, 0) is 0 Å². The standard InChI is InChI=1S/C24H23BrN2O3/c1-16(2)15-30-22-12-11-18(25)14-21(22)24(29)27-20-10-6-7-17(13-20)23(28)26-19-8-4-3-5-9-19/h3-14,16H,15H2,1-2H3,(H,26,28)(H,27,29). The first-order valence-electron chi connectivity index (χ1n) is 9.62. The van der Waals surface area contributed by atoms with E-state index in [0.29, 0.717) is 40.8 Å². The predicted molar refractivity (Wildman–Crippen MR) is 123 cm³/mol. The van der Waals surface area contributed by atoms with Gasteiger partial charge in [0.25, 0.3) is 11.8 Å². The molecular weight excluding hydrogens is 444 g/mol. The molecule has 3 rings (SSSR count). The average molecular weight is 467 g/mol. The first-order chi connectivity index (χ1) is 14.4. The number of rotatable bonds is 7. The Kier molecular flexibility index (Phi) is 7.25. The highest BCUT2D eigenvalue weighted by Gasteiger charge is 2.15. The van der Waals surface area contributed by atoms with Gasteiger partial charge in [-0.2, -0.15) is 0 Å². The summed E-state index contributed by atoms with van der Waals surface area (Å²) >= 11 is 3.40. The fourth-order valence-corrected chi connectivity index (χ4v) is 3.08. The van der Waals surface area contributed by atoms with E-state index >= 15 is 0 Å². The number of nitrogens with one attached hydrogen (secondary N) is 2. The summed E-state index contributed by atoms with van der Waals surface area (Å²) in [6, 6.07) is 21.3. The maximum absolute atomic E-state index is 12.9. The van der Waals surface area contributed by atoms with Gasteiger partial charge >= 0.3 is 0 Å². The highest BCUT2D eigenvalue weighted by molar-refractivity contribution is 9.10. The normalized spacial score (nSPS) is 10.5. The number of anilines is 2. The van der Waals surface area contributed by atoms with Crippen molar-refractivity contribution in [1.82, 2.24) is 0 Å². The van der Waals surface area contributed by atoms with E-state index in [9.17, 15) is 9.59 Å². The minimum absolute atomic E-state index is 0.249. The molecule has 3 aromatic rings. The van der Waals surface area contributed by atoms with E-state index in [-0.39, 0.29) is 11.8 Å². The van der Waals surface area contributed by atoms with Crippen LogP contribution < -0.4 is 15.4 Å². The molecule has 0 aliphatic heterocycles. The van der Waals surface area contributed by atoms with Gasteiger partial charge < -0.3 is 15.4 Å². The van der Waals surface area contributed by atoms with E-state index in [1.807, 2.05) is 50.2 Å². The number of amides is 2. The van der Waals surface area contributed by atoms with Crippen molar-refractivity contribution in [2.45, 2.75) is 13.8 Å². The summed E-state index contributed by atoms with van der Waals surface area (Å²) in [4.78, 5) is 25.4. The molecule has 0 saturated carbocycles. The van der Waals surface area contributed by atoms with E-state index in [2.05, 4.69) is 26.6 Å². The van der Waals surface area contributed by atoms with E-state index in [0.717, 1.165) is 4.47 Å². The number of hydrogen-bond donors (Lipinski definition) is 2. The molecule has 3 aromatic carbocycles. The lowest BCUT2D eigenvalue weighted by atomic mass is 10.1. The van der Waals surface area contributed by atoms with Crippen LogP contribution in [0.15, 0.2) is 77.3 Å². The maximum Gasteiger partial charge on any atom is 0.259 e. The number of halogens is 1. The SMILES string of the molecule is CC(C)COc1ccc(Br)cc1C(=O)Nc1cccc(C(=O)Nc2ccccc2)c1. The summed E-state index contributed by atoms with van der Waals surface area (Å²) in [5, 5.41) is 5.69. The summed E-state index contributed by atoms with van der Waals surface area (Å²) in [6.07, 6.45) is 0. The summed E-state index contributed by atoms with van der Waals surface area (Å²) in [5.41, 5.74) is 2.10. The van der Waals surface area contributed by atoms with Gasteiger partial charge in [0.15, 0.2) is 0 Å². The van der Waals surface area contributed by atoms with Gasteiger partial charge in [0.2, 0.25) is 0 Å². The van der Waals surface area contributed by atoms with Gasteiger partial charge in [0.1, 0.15) is 5.75 Å². The summed E-state index contributed by atoms with van der Waals surface area (Å²) in [6.45, 7) is 4.60. The Labute approximate surface area is 184 Å². The van der Waals surface area contributed by atoms with Crippen LogP contribution in [0.1, 0.15) is 34.6 Å². The Morgan fingerprint density at radius 2 is 1.57 bits per heavy atom. The molecule has 6 heteroatoms. The smallest absolute Gasteiger partial charge is 0.259 e. The fraction of sp³-hybridized carbons (Fsp3) is 0.167. The predicted octanol–water partition coefficient (Wildman–Crippen LogP) is 5.99. The second-order valence-corrected chi connectivity index (χ2v) is 8.12.